The van der Waals surface area contributed by atoms with Gasteiger partial charge in [-0.25, -0.2) is 4.79 Å². The molecule has 2 fully saturated rings. The lowest BCUT2D eigenvalue weighted by Crippen LogP contribution is -2.41. The van der Waals surface area contributed by atoms with Crippen molar-refractivity contribution in [2.45, 2.75) is 44.8 Å². The van der Waals surface area contributed by atoms with Gasteiger partial charge < -0.3 is 14.6 Å². The average Bonchev–Trinajstić information content (AvgIpc) is 2.91. The number of H-pyrrole nitrogens is 1. The zero-order valence-electron chi connectivity index (χ0n) is 14.4. The molecule has 3 heterocycles. The molecular formula is C19H27N3O2. The van der Waals surface area contributed by atoms with Crippen LogP contribution in [0.15, 0.2) is 29.1 Å². The summed E-state index contributed by atoms with van der Waals surface area (Å²) in [4.78, 5) is 17.9. The molecule has 5 heteroatoms. The summed E-state index contributed by atoms with van der Waals surface area (Å²) < 4.78 is 7.63. The van der Waals surface area contributed by atoms with Gasteiger partial charge in [-0.3, -0.25) is 4.57 Å². The zero-order valence-corrected chi connectivity index (χ0v) is 14.4. The predicted octanol–water partition coefficient (Wildman–Crippen LogP) is 2.78. The highest BCUT2D eigenvalue weighted by molar-refractivity contribution is 5.75. The van der Waals surface area contributed by atoms with Crippen LogP contribution >= 0.6 is 0 Å². The van der Waals surface area contributed by atoms with E-state index in [1.54, 1.807) is 0 Å². The second-order valence-electron chi connectivity index (χ2n) is 7.42. The number of hydrogen-bond acceptors (Lipinski definition) is 3. The summed E-state index contributed by atoms with van der Waals surface area (Å²) in [5.41, 5.74) is 2.02. The van der Waals surface area contributed by atoms with Gasteiger partial charge in [0.15, 0.2) is 0 Å². The molecular weight excluding hydrogens is 302 g/mol. The number of benzene rings is 1. The molecule has 2 aliphatic heterocycles. The SMILES string of the molecule is CC1CC(CN2CCC(n3c(=O)[nH]c4ccccc43)CC2)CCO1. The van der Waals surface area contributed by atoms with Crippen LogP contribution < -0.4 is 5.69 Å². The number of imidazole rings is 1. The van der Waals surface area contributed by atoms with Gasteiger partial charge in [0.2, 0.25) is 0 Å². The Balaban J connectivity index is 1.40. The second kappa shape index (κ2) is 6.73. The highest BCUT2D eigenvalue weighted by atomic mass is 16.5. The first kappa shape index (κ1) is 15.9. The molecule has 0 saturated carbocycles. The minimum Gasteiger partial charge on any atom is -0.378 e. The third-order valence-corrected chi connectivity index (χ3v) is 5.66. The molecule has 2 aromatic rings. The maximum Gasteiger partial charge on any atom is 0.326 e. The van der Waals surface area contributed by atoms with E-state index in [2.05, 4.69) is 16.8 Å². The Hall–Kier alpha value is -1.59. The predicted molar refractivity (Wildman–Crippen MR) is 95.4 cm³/mol. The first-order chi connectivity index (χ1) is 11.7. The van der Waals surface area contributed by atoms with E-state index < -0.39 is 0 Å². The summed E-state index contributed by atoms with van der Waals surface area (Å²) in [7, 11) is 0. The fraction of sp³-hybridized carbons (Fsp3) is 0.632. The number of ether oxygens (including phenoxy) is 1. The van der Waals surface area contributed by atoms with Gasteiger partial charge >= 0.3 is 5.69 Å². The van der Waals surface area contributed by atoms with E-state index in [4.69, 9.17) is 4.74 Å². The fourth-order valence-corrected chi connectivity index (χ4v) is 4.42. The molecule has 1 aromatic heterocycles. The molecule has 5 nitrogen and oxygen atoms in total. The van der Waals surface area contributed by atoms with E-state index in [9.17, 15) is 4.79 Å². The number of aromatic nitrogens is 2. The van der Waals surface area contributed by atoms with Gasteiger partial charge in [-0.05, 0) is 50.7 Å². The molecule has 0 amide bonds. The van der Waals surface area contributed by atoms with Gasteiger partial charge in [-0.1, -0.05) is 12.1 Å². The first-order valence-electron chi connectivity index (χ1n) is 9.24. The van der Waals surface area contributed by atoms with Crippen LogP contribution in [0.5, 0.6) is 0 Å². The number of nitrogens with one attached hydrogen (secondary N) is 1. The Kier molecular flexibility index (Phi) is 4.46. The van der Waals surface area contributed by atoms with Gasteiger partial charge in [0, 0.05) is 32.3 Å². The Labute approximate surface area is 142 Å². The molecule has 0 radical (unpaired) electrons. The molecule has 2 unspecified atom stereocenters. The van der Waals surface area contributed by atoms with Gasteiger partial charge in [-0.15, -0.1) is 0 Å². The first-order valence-corrected chi connectivity index (χ1v) is 9.24. The Bertz CT molecular complexity index is 742. The number of fused-ring (bicyclic) bond motifs is 1. The summed E-state index contributed by atoms with van der Waals surface area (Å²) in [6, 6.07) is 8.32. The van der Waals surface area contributed by atoms with Crippen LogP contribution in [0.25, 0.3) is 11.0 Å². The summed E-state index contributed by atoms with van der Waals surface area (Å²) in [6.07, 6.45) is 4.89. The standard InChI is InChI=1S/C19H27N3O2/c1-14-12-15(8-11-24-14)13-21-9-6-16(7-10-21)22-18-5-3-2-4-17(18)20-19(22)23/h2-5,14-16H,6-13H2,1H3,(H,20,23). The minimum absolute atomic E-state index is 0.0351. The van der Waals surface area contributed by atoms with Crippen molar-refractivity contribution in [1.29, 1.82) is 0 Å². The number of piperidine rings is 1. The van der Waals surface area contributed by atoms with Crippen molar-refractivity contribution in [3.63, 3.8) is 0 Å². The Morgan fingerprint density at radius 3 is 2.79 bits per heavy atom. The van der Waals surface area contributed by atoms with Crippen molar-refractivity contribution < 1.29 is 4.74 Å². The minimum atomic E-state index is 0.0351. The molecule has 1 N–H and O–H groups in total. The Morgan fingerprint density at radius 1 is 1.21 bits per heavy atom. The van der Waals surface area contributed by atoms with Crippen LogP contribution in [-0.2, 0) is 4.74 Å². The van der Waals surface area contributed by atoms with E-state index in [0.717, 1.165) is 49.5 Å². The zero-order chi connectivity index (χ0) is 16.5. The highest BCUT2D eigenvalue weighted by Crippen LogP contribution is 2.27. The van der Waals surface area contributed by atoms with Gasteiger partial charge in [0.25, 0.3) is 0 Å². The van der Waals surface area contributed by atoms with Gasteiger partial charge in [0.05, 0.1) is 17.1 Å². The summed E-state index contributed by atoms with van der Waals surface area (Å²) >= 11 is 0. The summed E-state index contributed by atoms with van der Waals surface area (Å²) in [5, 5.41) is 0. The lowest BCUT2D eigenvalue weighted by atomic mass is 9.94. The maximum atomic E-state index is 12.4. The van der Waals surface area contributed by atoms with E-state index in [-0.39, 0.29) is 5.69 Å². The van der Waals surface area contributed by atoms with Gasteiger partial charge in [0.1, 0.15) is 0 Å². The molecule has 2 aliphatic rings. The van der Waals surface area contributed by atoms with Crippen LogP contribution in [0.4, 0.5) is 0 Å². The second-order valence-corrected chi connectivity index (χ2v) is 7.42. The van der Waals surface area contributed by atoms with Crippen molar-refractivity contribution in [2.24, 2.45) is 5.92 Å². The van der Waals surface area contributed by atoms with E-state index >= 15 is 0 Å². The number of para-hydroxylation sites is 2. The monoisotopic (exact) mass is 329 g/mol. The number of hydrogen-bond donors (Lipinski definition) is 1. The van der Waals surface area contributed by atoms with Gasteiger partial charge in [-0.2, -0.15) is 0 Å². The van der Waals surface area contributed by atoms with E-state index in [1.807, 2.05) is 28.8 Å². The Morgan fingerprint density at radius 2 is 2.00 bits per heavy atom. The largest absolute Gasteiger partial charge is 0.378 e. The molecule has 0 bridgehead atoms. The summed E-state index contributed by atoms with van der Waals surface area (Å²) in [5.74, 6) is 0.765. The lowest BCUT2D eigenvalue weighted by Gasteiger charge is -2.36. The van der Waals surface area contributed by atoms with Crippen molar-refractivity contribution in [2.75, 3.05) is 26.2 Å². The van der Waals surface area contributed by atoms with Crippen molar-refractivity contribution in [3.8, 4) is 0 Å². The molecule has 4 rings (SSSR count). The van der Waals surface area contributed by atoms with Crippen molar-refractivity contribution in [3.05, 3.63) is 34.7 Å². The van der Waals surface area contributed by atoms with E-state index in [1.165, 1.54) is 19.4 Å². The van der Waals surface area contributed by atoms with Crippen LogP contribution in [-0.4, -0.2) is 46.8 Å². The summed E-state index contributed by atoms with van der Waals surface area (Å²) in [6.45, 7) is 6.45. The highest BCUT2D eigenvalue weighted by Gasteiger charge is 2.26. The third kappa shape index (κ3) is 3.15. The average molecular weight is 329 g/mol. The molecule has 2 atom stereocenters. The van der Waals surface area contributed by atoms with Crippen molar-refractivity contribution >= 4 is 11.0 Å². The quantitative estimate of drug-likeness (QED) is 0.942. The van der Waals surface area contributed by atoms with Crippen LogP contribution in [0.2, 0.25) is 0 Å². The molecule has 2 saturated heterocycles. The topological polar surface area (TPSA) is 50.3 Å². The molecule has 130 valence electrons. The fourth-order valence-electron chi connectivity index (χ4n) is 4.42. The molecule has 24 heavy (non-hydrogen) atoms. The third-order valence-electron chi connectivity index (χ3n) is 5.66. The van der Waals surface area contributed by atoms with E-state index in [0.29, 0.717) is 12.1 Å². The van der Waals surface area contributed by atoms with Crippen LogP contribution in [0, 0.1) is 5.92 Å². The lowest BCUT2D eigenvalue weighted by molar-refractivity contribution is -0.00779. The number of likely N-dealkylation sites (tertiary alicyclic amines) is 1. The van der Waals surface area contributed by atoms with Crippen LogP contribution in [0.3, 0.4) is 0 Å². The maximum absolute atomic E-state index is 12.4. The molecule has 0 spiro atoms. The number of aromatic amines is 1. The number of rotatable bonds is 3. The van der Waals surface area contributed by atoms with Crippen LogP contribution in [0.1, 0.15) is 38.6 Å². The normalized spacial score (nSPS) is 26.9. The van der Waals surface area contributed by atoms with Crippen molar-refractivity contribution in [1.82, 2.24) is 14.5 Å². The molecule has 1 aromatic carbocycles. The number of nitrogens with zero attached hydrogens (tertiary/aromatic N) is 2. The smallest absolute Gasteiger partial charge is 0.326 e. The molecule has 0 aliphatic carbocycles.